The summed E-state index contributed by atoms with van der Waals surface area (Å²) in [7, 11) is -3.39. The van der Waals surface area contributed by atoms with Crippen LogP contribution in [0.25, 0.3) is 0 Å². The minimum atomic E-state index is -3.39. The van der Waals surface area contributed by atoms with Crippen molar-refractivity contribution in [2.24, 2.45) is 5.92 Å². The fourth-order valence-corrected chi connectivity index (χ4v) is 4.48. The Kier molecular flexibility index (Phi) is 4.81. The Hall–Kier alpha value is -0.390. The summed E-state index contributed by atoms with van der Waals surface area (Å²) in [4.78, 5) is 0.320. The molecule has 0 saturated heterocycles. The zero-order valence-electron chi connectivity index (χ0n) is 10.2. The van der Waals surface area contributed by atoms with Crippen molar-refractivity contribution in [2.45, 2.75) is 37.0 Å². The number of benzene rings is 1. The number of nitrogens with one attached hydrogen (secondary N) is 1. The Morgan fingerprint density at radius 3 is 2.50 bits per heavy atom. The number of hydrogen-bond acceptors (Lipinski definition) is 2. The first-order chi connectivity index (χ1) is 8.59. The number of rotatable bonds is 4. The molecule has 1 aromatic carbocycles. The van der Waals surface area contributed by atoms with E-state index in [4.69, 9.17) is 0 Å². The summed E-state index contributed by atoms with van der Waals surface area (Å²) in [5.41, 5.74) is 0. The van der Waals surface area contributed by atoms with Gasteiger partial charge in [-0.1, -0.05) is 31.4 Å². The molecule has 1 aromatic rings. The molecule has 0 atom stereocenters. The van der Waals surface area contributed by atoms with Crippen LogP contribution in [0.4, 0.5) is 0 Å². The molecule has 0 amide bonds. The number of sulfonamides is 1. The molecule has 0 aliphatic heterocycles. The molecule has 18 heavy (non-hydrogen) atoms. The highest BCUT2D eigenvalue weighted by Gasteiger charge is 2.20. The first-order valence-electron chi connectivity index (χ1n) is 6.34. The van der Waals surface area contributed by atoms with Gasteiger partial charge in [-0.3, -0.25) is 0 Å². The van der Waals surface area contributed by atoms with Gasteiger partial charge in [0.2, 0.25) is 10.0 Å². The maximum Gasteiger partial charge on any atom is 0.241 e. The standard InChI is InChI=1S/C13H18BrNO2S/c14-12-8-4-5-9-13(12)18(16,17)15-10-11-6-2-1-3-7-11/h4-5,8-9,11,15H,1-3,6-7,10H2. The normalized spacial score (nSPS) is 17.8. The topological polar surface area (TPSA) is 46.2 Å². The fraction of sp³-hybridized carbons (Fsp3) is 0.538. The van der Waals surface area contributed by atoms with Crippen LogP contribution in [0.3, 0.4) is 0 Å². The third-order valence-corrected chi connectivity index (χ3v) is 5.85. The van der Waals surface area contributed by atoms with Crippen LogP contribution in [0, 0.1) is 5.92 Å². The highest BCUT2D eigenvalue weighted by atomic mass is 79.9. The fourth-order valence-electron chi connectivity index (χ4n) is 2.36. The molecule has 1 aliphatic carbocycles. The van der Waals surface area contributed by atoms with Gasteiger partial charge in [-0.2, -0.15) is 0 Å². The molecule has 1 fully saturated rings. The van der Waals surface area contributed by atoms with Gasteiger partial charge >= 0.3 is 0 Å². The zero-order chi connectivity index (χ0) is 13.0. The van der Waals surface area contributed by atoms with Crippen molar-refractivity contribution in [2.75, 3.05) is 6.54 Å². The van der Waals surface area contributed by atoms with E-state index in [-0.39, 0.29) is 0 Å². The van der Waals surface area contributed by atoms with Crippen LogP contribution < -0.4 is 4.72 Å². The lowest BCUT2D eigenvalue weighted by molar-refractivity contribution is 0.357. The maximum absolute atomic E-state index is 12.2. The van der Waals surface area contributed by atoms with Crippen molar-refractivity contribution in [3.05, 3.63) is 28.7 Å². The molecule has 0 aromatic heterocycles. The van der Waals surface area contributed by atoms with Crippen molar-refractivity contribution < 1.29 is 8.42 Å². The summed E-state index contributed by atoms with van der Waals surface area (Å²) in [5, 5.41) is 0. The van der Waals surface area contributed by atoms with Crippen molar-refractivity contribution in [3.8, 4) is 0 Å². The average Bonchev–Trinajstić information content (AvgIpc) is 2.38. The largest absolute Gasteiger partial charge is 0.241 e. The summed E-state index contributed by atoms with van der Waals surface area (Å²) in [6.07, 6.45) is 6.01. The summed E-state index contributed by atoms with van der Waals surface area (Å²) in [6, 6.07) is 6.91. The lowest BCUT2D eigenvalue weighted by Gasteiger charge is -2.21. The van der Waals surface area contributed by atoms with Gasteiger partial charge in [0, 0.05) is 11.0 Å². The number of halogens is 1. The van der Waals surface area contributed by atoms with Gasteiger partial charge in [-0.25, -0.2) is 13.1 Å². The molecule has 1 saturated carbocycles. The summed E-state index contributed by atoms with van der Waals surface area (Å²) < 4.78 is 27.6. The molecule has 0 spiro atoms. The molecule has 1 N–H and O–H groups in total. The third-order valence-electron chi connectivity index (χ3n) is 3.41. The quantitative estimate of drug-likeness (QED) is 0.919. The minimum absolute atomic E-state index is 0.320. The van der Waals surface area contributed by atoms with E-state index < -0.39 is 10.0 Å². The van der Waals surface area contributed by atoms with Crippen molar-refractivity contribution in [1.82, 2.24) is 4.72 Å². The molecule has 0 heterocycles. The summed E-state index contributed by atoms with van der Waals surface area (Å²) in [5.74, 6) is 0.496. The Balaban J connectivity index is 2.01. The van der Waals surface area contributed by atoms with Crippen LogP contribution in [-0.2, 0) is 10.0 Å². The van der Waals surface area contributed by atoms with Crippen molar-refractivity contribution >= 4 is 26.0 Å². The Labute approximate surface area is 117 Å². The van der Waals surface area contributed by atoms with Gasteiger partial charge in [0.1, 0.15) is 0 Å². The average molecular weight is 332 g/mol. The van der Waals surface area contributed by atoms with E-state index in [1.165, 1.54) is 19.3 Å². The molecular weight excluding hydrogens is 314 g/mol. The van der Waals surface area contributed by atoms with Gasteiger partial charge in [-0.05, 0) is 46.8 Å². The molecule has 0 bridgehead atoms. The predicted molar refractivity (Wildman–Crippen MR) is 75.9 cm³/mol. The van der Waals surface area contributed by atoms with Gasteiger partial charge in [0.15, 0.2) is 0 Å². The molecule has 5 heteroatoms. The molecule has 100 valence electrons. The maximum atomic E-state index is 12.2. The minimum Gasteiger partial charge on any atom is -0.211 e. The first-order valence-corrected chi connectivity index (χ1v) is 8.61. The SMILES string of the molecule is O=S(=O)(NCC1CCCCC1)c1ccccc1Br. The highest BCUT2D eigenvalue weighted by Crippen LogP contribution is 2.24. The van der Waals surface area contributed by atoms with Crippen molar-refractivity contribution in [1.29, 1.82) is 0 Å². The van der Waals surface area contributed by atoms with Crippen LogP contribution in [0.1, 0.15) is 32.1 Å². The van der Waals surface area contributed by atoms with Crippen LogP contribution in [-0.4, -0.2) is 15.0 Å². The van der Waals surface area contributed by atoms with Crippen LogP contribution in [0.15, 0.2) is 33.6 Å². The van der Waals surface area contributed by atoms with E-state index in [0.717, 1.165) is 12.8 Å². The Morgan fingerprint density at radius 2 is 1.83 bits per heavy atom. The molecule has 0 radical (unpaired) electrons. The molecular formula is C13H18BrNO2S. The van der Waals surface area contributed by atoms with E-state index >= 15 is 0 Å². The molecule has 2 rings (SSSR count). The van der Waals surface area contributed by atoms with Gasteiger partial charge < -0.3 is 0 Å². The summed E-state index contributed by atoms with van der Waals surface area (Å²) in [6.45, 7) is 0.559. The van der Waals surface area contributed by atoms with E-state index in [0.29, 0.717) is 21.8 Å². The Morgan fingerprint density at radius 1 is 1.17 bits per heavy atom. The second-order valence-corrected chi connectivity index (χ2v) is 7.38. The van der Waals surface area contributed by atoms with Crippen LogP contribution in [0.2, 0.25) is 0 Å². The van der Waals surface area contributed by atoms with E-state index in [1.54, 1.807) is 18.2 Å². The monoisotopic (exact) mass is 331 g/mol. The van der Waals surface area contributed by atoms with Crippen LogP contribution >= 0.6 is 15.9 Å². The zero-order valence-corrected chi connectivity index (χ0v) is 12.6. The van der Waals surface area contributed by atoms with E-state index in [1.807, 2.05) is 6.07 Å². The smallest absolute Gasteiger partial charge is 0.211 e. The van der Waals surface area contributed by atoms with E-state index in [2.05, 4.69) is 20.7 Å². The Bertz CT molecular complexity index is 495. The summed E-state index contributed by atoms with van der Waals surface area (Å²) >= 11 is 3.28. The first kappa shape index (κ1) is 14.0. The van der Waals surface area contributed by atoms with Crippen LogP contribution in [0.5, 0.6) is 0 Å². The molecule has 1 aliphatic rings. The molecule has 3 nitrogen and oxygen atoms in total. The lowest BCUT2D eigenvalue weighted by atomic mass is 9.90. The number of hydrogen-bond donors (Lipinski definition) is 1. The van der Waals surface area contributed by atoms with Gasteiger partial charge in [-0.15, -0.1) is 0 Å². The third kappa shape index (κ3) is 3.56. The highest BCUT2D eigenvalue weighted by molar-refractivity contribution is 9.10. The molecule has 0 unspecified atom stereocenters. The second-order valence-electron chi connectivity index (χ2n) is 4.79. The van der Waals surface area contributed by atoms with Gasteiger partial charge in [0.25, 0.3) is 0 Å². The van der Waals surface area contributed by atoms with Crippen molar-refractivity contribution in [3.63, 3.8) is 0 Å². The lowest BCUT2D eigenvalue weighted by Crippen LogP contribution is -2.30. The predicted octanol–water partition coefficient (Wildman–Crippen LogP) is 3.31. The van der Waals surface area contributed by atoms with E-state index in [9.17, 15) is 8.42 Å². The van der Waals surface area contributed by atoms with Gasteiger partial charge in [0.05, 0.1) is 4.90 Å². The second kappa shape index (κ2) is 6.17.